The van der Waals surface area contributed by atoms with Crippen molar-refractivity contribution in [1.29, 1.82) is 0 Å². The molecule has 1 N–H and O–H groups in total. The Morgan fingerprint density at radius 3 is 2.52 bits per heavy atom. The molecule has 0 saturated carbocycles. The molecule has 2 heterocycles. The number of nitrogens with zero attached hydrogens (tertiary/aromatic N) is 3. The number of aromatic nitrogens is 3. The molecule has 10 heteroatoms. The number of pyridine rings is 1. The van der Waals surface area contributed by atoms with Gasteiger partial charge in [-0.05, 0) is 24.3 Å². The fraction of sp³-hybridized carbons (Fsp3) is 0.0667. The van der Waals surface area contributed by atoms with Crippen LogP contribution in [0.1, 0.15) is 15.4 Å². The second-order valence-electron chi connectivity index (χ2n) is 4.64. The first-order chi connectivity index (χ1) is 11.9. The lowest BCUT2D eigenvalue weighted by Crippen LogP contribution is -2.13. The molecule has 0 unspecified atom stereocenters. The molecular formula is C15H9F3N4O2S. The van der Waals surface area contributed by atoms with Gasteiger partial charge in [0.1, 0.15) is 11.3 Å². The molecule has 25 heavy (non-hydrogen) atoms. The molecule has 0 fully saturated rings. The SMILES string of the molecule is O=C(Nc1nnc(C(F)(F)F)s1)c1cccnc1Oc1ccccc1. The van der Waals surface area contributed by atoms with Crippen molar-refractivity contribution in [3.05, 3.63) is 59.2 Å². The van der Waals surface area contributed by atoms with Crippen LogP contribution in [-0.2, 0) is 6.18 Å². The minimum atomic E-state index is -4.61. The van der Waals surface area contributed by atoms with Crippen LogP contribution < -0.4 is 10.1 Å². The normalized spacial score (nSPS) is 11.2. The fourth-order valence-corrected chi connectivity index (χ4v) is 2.40. The van der Waals surface area contributed by atoms with Gasteiger partial charge in [-0.2, -0.15) is 13.2 Å². The third kappa shape index (κ3) is 4.10. The molecule has 0 atom stereocenters. The van der Waals surface area contributed by atoms with E-state index in [2.05, 4.69) is 20.5 Å². The molecular weight excluding hydrogens is 357 g/mol. The minimum Gasteiger partial charge on any atom is -0.438 e. The van der Waals surface area contributed by atoms with Crippen molar-refractivity contribution in [3.8, 4) is 11.6 Å². The van der Waals surface area contributed by atoms with Crippen LogP contribution in [0.25, 0.3) is 0 Å². The molecule has 0 saturated heterocycles. The summed E-state index contributed by atoms with van der Waals surface area (Å²) in [6, 6.07) is 11.6. The maximum atomic E-state index is 12.5. The van der Waals surface area contributed by atoms with E-state index < -0.39 is 17.1 Å². The number of benzene rings is 1. The number of nitrogens with one attached hydrogen (secondary N) is 1. The zero-order valence-electron chi connectivity index (χ0n) is 12.3. The minimum absolute atomic E-state index is 0.0201. The monoisotopic (exact) mass is 366 g/mol. The van der Waals surface area contributed by atoms with Crippen LogP contribution >= 0.6 is 11.3 Å². The zero-order valence-corrected chi connectivity index (χ0v) is 13.1. The molecule has 0 spiro atoms. The van der Waals surface area contributed by atoms with Crippen molar-refractivity contribution in [2.24, 2.45) is 0 Å². The van der Waals surface area contributed by atoms with E-state index in [-0.39, 0.29) is 27.9 Å². The smallest absolute Gasteiger partial charge is 0.438 e. The van der Waals surface area contributed by atoms with Gasteiger partial charge >= 0.3 is 6.18 Å². The van der Waals surface area contributed by atoms with Crippen LogP contribution in [0.4, 0.5) is 18.3 Å². The first-order valence-corrected chi connectivity index (χ1v) is 7.65. The van der Waals surface area contributed by atoms with Gasteiger partial charge in [0.2, 0.25) is 16.0 Å². The molecule has 0 aliphatic carbocycles. The van der Waals surface area contributed by atoms with Gasteiger partial charge in [0.25, 0.3) is 5.91 Å². The summed E-state index contributed by atoms with van der Waals surface area (Å²) >= 11 is 0.232. The third-order valence-corrected chi connectivity index (χ3v) is 3.74. The number of para-hydroxylation sites is 1. The summed E-state index contributed by atoms with van der Waals surface area (Å²) in [5, 5.41) is 7.17. The van der Waals surface area contributed by atoms with Gasteiger partial charge in [0, 0.05) is 6.20 Å². The molecule has 0 aliphatic heterocycles. The molecule has 2 aromatic heterocycles. The molecule has 6 nitrogen and oxygen atoms in total. The Hall–Kier alpha value is -3.01. The highest BCUT2D eigenvalue weighted by molar-refractivity contribution is 7.15. The molecule has 128 valence electrons. The lowest BCUT2D eigenvalue weighted by molar-refractivity contribution is -0.138. The molecule has 1 amide bonds. The van der Waals surface area contributed by atoms with Crippen LogP contribution in [0.15, 0.2) is 48.7 Å². The van der Waals surface area contributed by atoms with Crippen LogP contribution in [0.2, 0.25) is 0 Å². The number of carbonyl (C=O) groups excluding carboxylic acids is 1. The van der Waals surface area contributed by atoms with Crippen molar-refractivity contribution in [3.63, 3.8) is 0 Å². The maximum absolute atomic E-state index is 12.5. The zero-order chi connectivity index (χ0) is 17.9. The van der Waals surface area contributed by atoms with Gasteiger partial charge < -0.3 is 4.74 Å². The lowest BCUT2D eigenvalue weighted by atomic mass is 10.2. The van der Waals surface area contributed by atoms with E-state index in [0.717, 1.165) is 0 Å². The summed E-state index contributed by atoms with van der Waals surface area (Å²) in [5.74, 6) is -0.221. The summed E-state index contributed by atoms with van der Waals surface area (Å²) in [7, 11) is 0. The Kier molecular flexibility index (Phi) is 4.61. The summed E-state index contributed by atoms with van der Waals surface area (Å²) in [5.41, 5.74) is 0.0510. The van der Waals surface area contributed by atoms with Gasteiger partial charge in [-0.1, -0.05) is 29.5 Å². The van der Waals surface area contributed by atoms with Crippen molar-refractivity contribution in [2.45, 2.75) is 6.18 Å². The summed E-state index contributed by atoms with van der Waals surface area (Å²) in [6.45, 7) is 0. The molecule has 0 radical (unpaired) electrons. The van der Waals surface area contributed by atoms with Crippen LogP contribution in [0.3, 0.4) is 0 Å². The Balaban J connectivity index is 1.80. The number of amides is 1. The standard InChI is InChI=1S/C15H9F3N4O2S/c16-15(17,18)13-21-22-14(25-13)20-11(23)10-7-4-8-19-12(10)24-9-5-2-1-3-6-9/h1-8H,(H,20,22,23). The van der Waals surface area contributed by atoms with Crippen LogP contribution in [0, 0.1) is 0 Å². The number of hydrogen-bond donors (Lipinski definition) is 1. The van der Waals surface area contributed by atoms with Gasteiger partial charge in [0.15, 0.2) is 0 Å². The highest BCUT2D eigenvalue weighted by Gasteiger charge is 2.35. The third-order valence-electron chi connectivity index (χ3n) is 2.86. The van der Waals surface area contributed by atoms with Gasteiger partial charge in [-0.15, -0.1) is 10.2 Å². The number of anilines is 1. The van der Waals surface area contributed by atoms with Crippen molar-refractivity contribution in [2.75, 3.05) is 5.32 Å². The van der Waals surface area contributed by atoms with Gasteiger partial charge in [0.05, 0.1) is 0 Å². The molecule has 1 aromatic carbocycles. The molecule has 3 rings (SSSR count). The van der Waals surface area contributed by atoms with Crippen LogP contribution in [0.5, 0.6) is 11.6 Å². The molecule has 0 bridgehead atoms. The number of rotatable bonds is 4. The van der Waals surface area contributed by atoms with E-state index in [9.17, 15) is 18.0 Å². The Bertz CT molecular complexity index is 884. The Morgan fingerprint density at radius 1 is 1.08 bits per heavy atom. The van der Waals surface area contributed by atoms with E-state index in [1.807, 2.05) is 0 Å². The van der Waals surface area contributed by atoms with E-state index in [4.69, 9.17) is 4.74 Å². The predicted molar refractivity (Wildman–Crippen MR) is 83.6 cm³/mol. The number of hydrogen-bond acceptors (Lipinski definition) is 6. The fourth-order valence-electron chi connectivity index (χ4n) is 1.80. The summed E-state index contributed by atoms with van der Waals surface area (Å²) in [6.07, 6.45) is -3.18. The number of carbonyl (C=O) groups is 1. The second-order valence-corrected chi connectivity index (χ2v) is 5.61. The molecule has 3 aromatic rings. The largest absolute Gasteiger partial charge is 0.445 e. The van der Waals surface area contributed by atoms with Crippen molar-refractivity contribution in [1.82, 2.24) is 15.2 Å². The van der Waals surface area contributed by atoms with E-state index in [0.29, 0.717) is 5.75 Å². The van der Waals surface area contributed by atoms with E-state index >= 15 is 0 Å². The average Bonchev–Trinajstić information content (AvgIpc) is 3.05. The quantitative estimate of drug-likeness (QED) is 0.755. The van der Waals surface area contributed by atoms with Gasteiger partial charge in [-0.25, -0.2) is 4.98 Å². The van der Waals surface area contributed by atoms with E-state index in [1.54, 1.807) is 30.3 Å². The Morgan fingerprint density at radius 2 is 1.84 bits per heavy atom. The second kappa shape index (κ2) is 6.85. The van der Waals surface area contributed by atoms with E-state index in [1.165, 1.54) is 18.3 Å². The van der Waals surface area contributed by atoms with Crippen LogP contribution in [-0.4, -0.2) is 21.1 Å². The number of alkyl halides is 3. The van der Waals surface area contributed by atoms with Gasteiger partial charge in [-0.3, -0.25) is 10.1 Å². The maximum Gasteiger partial charge on any atom is 0.445 e. The molecule has 0 aliphatic rings. The topological polar surface area (TPSA) is 77.0 Å². The average molecular weight is 366 g/mol. The number of halogens is 3. The Labute approximate surface area is 143 Å². The summed E-state index contributed by atoms with van der Waals surface area (Å²) in [4.78, 5) is 16.3. The first-order valence-electron chi connectivity index (χ1n) is 6.83. The van der Waals surface area contributed by atoms with Crippen molar-refractivity contribution < 1.29 is 22.7 Å². The van der Waals surface area contributed by atoms with Crippen molar-refractivity contribution >= 4 is 22.4 Å². The summed E-state index contributed by atoms with van der Waals surface area (Å²) < 4.78 is 43.1. The highest BCUT2D eigenvalue weighted by Crippen LogP contribution is 2.33. The highest BCUT2D eigenvalue weighted by atomic mass is 32.1. The lowest BCUT2D eigenvalue weighted by Gasteiger charge is -2.09. The first kappa shape index (κ1) is 16.8. The number of ether oxygens (including phenoxy) is 1. The predicted octanol–water partition coefficient (Wildman–Crippen LogP) is 4.00.